The molecule has 1 saturated carbocycles. The Bertz CT molecular complexity index is 987. The predicted octanol–water partition coefficient (Wildman–Crippen LogP) is 4.04. The van der Waals surface area contributed by atoms with E-state index in [1.54, 1.807) is 24.3 Å². The number of fused-ring (bicyclic) bond motifs is 1. The molecule has 1 heterocycles. The average molecular weight is 436 g/mol. The molecule has 5 heteroatoms. The summed E-state index contributed by atoms with van der Waals surface area (Å²) in [5.41, 5.74) is 3.98. The minimum absolute atomic E-state index is 0.0667. The van der Waals surface area contributed by atoms with Crippen LogP contribution >= 0.6 is 0 Å². The summed E-state index contributed by atoms with van der Waals surface area (Å²) in [5, 5.41) is 23.6. The molecule has 1 aliphatic heterocycles. The van der Waals surface area contributed by atoms with Gasteiger partial charge < -0.3 is 15.5 Å². The molecule has 1 aromatic carbocycles. The lowest BCUT2D eigenvalue weighted by Gasteiger charge is -2.41. The molecule has 3 aliphatic rings. The number of nitrogens with one attached hydrogen (secondary N) is 1. The van der Waals surface area contributed by atoms with Crippen molar-refractivity contribution in [3.8, 4) is 5.75 Å². The maximum Gasteiger partial charge on any atom is 0.233 e. The number of aromatic hydroxyl groups is 1. The van der Waals surface area contributed by atoms with Gasteiger partial charge in [0, 0.05) is 24.0 Å². The minimum atomic E-state index is -1.14. The van der Waals surface area contributed by atoms with Crippen LogP contribution in [0.25, 0.3) is 0 Å². The number of phenols is 1. The molecule has 6 atom stereocenters. The van der Waals surface area contributed by atoms with Crippen LogP contribution in [-0.4, -0.2) is 34.6 Å². The monoisotopic (exact) mass is 435 g/mol. The fourth-order valence-electron chi connectivity index (χ4n) is 5.77. The van der Waals surface area contributed by atoms with Gasteiger partial charge in [-0.15, -0.1) is 0 Å². The number of ketones is 1. The van der Waals surface area contributed by atoms with Crippen LogP contribution in [0.5, 0.6) is 5.75 Å². The lowest BCUT2D eigenvalue weighted by atomic mass is 9.64. The number of rotatable bonds is 4. The first kappa shape index (κ1) is 22.5. The van der Waals surface area contributed by atoms with Gasteiger partial charge in [0.05, 0.1) is 6.10 Å². The Morgan fingerprint density at radius 2 is 1.91 bits per heavy atom. The van der Waals surface area contributed by atoms with Crippen LogP contribution in [0.2, 0.25) is 0 Å². The van der Waals surface area contributed by atoms with Gasteiger partial charge in [-0.1, -0.05) is 48.4 Å². The fraction of sp³-hybridized carbons (Fsp3) is 0.481. The van der Waals surface area contributed by atoms with Gasteiger partial charge in [0.25, 0.3) is 0 Å². The van der Waals surface area contributed by atoms with E-state index < -0.39 is 23.8 Å². The largest absolute Gasteiger partial charge is 0.508 e. The number of amides is 1. The van der Waals surface area contributed by atoms with E-state index in [2.05, 4.69) is 25.2 Å². The van der Waals surface area contributed by atoms with E-state index in [0.29, 0.717) is 11.5 Å². The summed E-state index contributed by atoms with van der Waals surface area (Å²) in [6.45, 7) is 6.55. The number of phenolic OH excluding ortho intramolecular Hbond substituents is 1. The molecule has 32 heavy (non-hydrogen) atoms. The van der Waals surface area contributed by atoms with Crippen molar-refractivity contribution in [1.82, 2.24) is 5.32 Å². The molecule has 1 amide bonds. The summed E-state index contributed by atoms with van der Waals surface area (Å²) in [6.07, 6.45) is 8.16. The molecule has 170 valence electrons. The van der Waals surface area contributed by atoms with Crippen molar-refractivity contribution < 1.29 is 19.8 Å². The summed E-state index contributed by atoms with van der Waals surface area (Å²) in [4.78, 5) is 26.6. The number of hydrogen-bond acceptors (Lipinski definition) is 4. The number of piperidine rings is 1. The molecule has 0 spiro atoms. The van der Waals surface area contributed by atoms with Crippen molar-refractivity contribution in [2.24, 2.45) is 23.7 Å². The van der Waals surface area contributed by atoms with Crippen molar-refractivity contribution >= 4 is 11.7 Å². The van der Waals surface area contributed by atoms with E-state index in [-0.39, 0.29) is 29.9 Å². The van der Waals surface area contributed by atoms with Crippen molar-refractivity contribution in [3.05, 3.63) is 64.8 Å². The standard InChI is InChI=1S/C27H33NO4/c1-4-5-20-21-12-15(2)6-11-19(21)16(3)13-22(20)25(30)24-26(31)23(14-28-27(24)32)17-7-9-18(29)10-8-17/h4-5,7-10,13,15,20-21,23-24,26,29,31H,6,11-12,14H2,1-3H3,(H,28,32)/b5-4+. The maximum absolute atomic E-state index is 13.8. The normalized spacial score (nSPS) is 33.0. The second-order valence-electron chi connectivity index (χ2n) is 9.62. The Balaban J connectivity index is 1.68. The van der Waals surface area contributed by atoms with Gasteiger partial charge in [-0.25, -0.2) is 0 Å². The zero-order chi connectivity index (χ0) is 23.0. The van der Waals surface area contributed by atoms with Gasteiger partial charge in [-0.05, 0) is 62.6 Å². The summed E-state index contributed by atoms with van der Waals surface area (Å²) >= 11 is 0. The Morgan fingerprint density at radius 1 is 1.19 bits per heavy atom. The predicted molar refractivity (Wildman–Crippen MR) is 124 cm³/mol. The minimum Gasteiger partial charge on any atom is -0.508 e. The second-order valence-corrected chi connectivity index (χ2v) is 9.62. The maximum atomic E-state index is 13.8. The van der Waals surface area contributed by atoms with Crippen LogP contribution in [0.3, 0.4) is 0 Å². The molecule has 0 bridgehead atoms. The summed E-state index contributed by atoms with van der Waals surface area (Å²) in [7, 11) is 0. The molecule has 1 aromatic rings. The molecular weight excluding hydrogens is 402 g/mol. The van der Waals surface area contributed by atoms with E-state index in [4.69, 9.17) is 0 Å². The Kier molecular flexibility index (Phi) is 6.38. The van der Waals surface area contributed by atoms with Crippen molar-refractivity contribution in [1.29, 1.82) is 0 Å². The quantitative estimate of drug-likeness (QED) is 0.492. The van der Waals surface area contributed by atoms with Crippen molar-refractivity contribution in [2.45, 2.75) is 52.1 Å². The molecule has 2 fully saturated rings. The Morgan fingerprint density at radius 3 is 2.59 bits per heavy atom. The SMILES string of the molecule is C/C=C/C1C(C(=O)C2C(=O)NCC(c3ccc(O)cc3)C2O)=CC(C)=C2CCC(C)CC21. The molecule has 5 nitrogen and oxygen atoms in total. The van der Waals surface area contributed by atoms with Gasteiger partial charge in [-0.3, -0.25) is 9.59 Å². The number of allylic oxidation sites excluding steroid dienone is 6. The van der Waals surface area contributed by atoms with Gasteiger partial charge in [0.1, 0.15) is 11.7 Å². The third-order valence-corrected chi connectivity index (χ3v) is 7.50. The third kappa shape index (κ3) is 4.06. The lowest BCUT2D eigenvalue weighted by molar-refractivity contribution is -0.140. The van der Waals surface area contributed by atoms with E-state index in [9.17, 15) is 19.8 Å². The van der Waals surface area contributed by atoms with E-state index in [1.165, 1.54) is 12.0 Å². The summed E-state index contributed by atoms with van der Waals surface area (Å²) in [6, 6.07) is 6.57. The first-order valence-electron chi connectivity index (χ1n) is 11.6. The molecule has 4 rings (SSSR count). The highest BCUT2D eigenvalue weighted by Crippen LogP contribution is 2.47. The highest BCUT2D eigenvalue weighted by Gasteiger charge is 2.46. The number of carbonyl (C=O) groups is 2. The summed E-state index contributed by atoms with van der Waals surface area (Å²) < 4.78 is 0. The zero-order valence-corrected chi connectivity index (χ0v) is 19.0. The number of aliphatic hydroxyl groups is 1. The van der Waals surface area contributed by atoms with Gasteiger partial charge >= 0.3 is 0 Å². The number of hydrogen-bond donors (Lipinski definition) is 3. The van der Waals surface area contributed by atoms with E-state index in [0.717, 1.165) is 24.0 Å². The van der Waals surface area contributed by atoms with E-state index >= 15 is 0 Å². The van der Waals surface area contributed by atoms with E-state index in [1.807, 2.05) is 19.1 Å². The smallest absolute Gasteiger partial charge is 0.233 e. The molecular formula is C27H33NO4. The van der Waals surface area contributed by atoms with Crippen molar-refractivity contribution in [2.75, 3.05) is 6.54 Å². The Hall–Kier alpha value is -2.66. The van der Waals surface area contributed by atoms with Crippen LogP contribution < -0.4 is 5.32 Å². The third-order valence-electron chi connectivity index (χ3n) is 7.50. The molecule has 3 N–H and O–H groups in total. The first-order chi connectivity index (χ1) is 15.3. The van der Waals surface area contributed by atoms with Gasteiger partial charge in [0.15, 0.2) is 5.78 Å². The summed E-state index contributed by atoms with van der Waals surface area (Å²) in [5.74, 6) is -1.30. The van der Waals surface area contributed by atoms with Crippen LogP contribution in [-0.2, 0) is 9.59 Å². The number of benzene rings is 1. The fourth-order valence-corrected chi connectivity index (χ4v) is 5.77. The second kappa shape index (κ2) is 9.07. The highest BCUT2D eigenvalue weighted by atomic mass is 16.3. The van der Waals surface area contributed by atoms with Crippen molar-refractivity contribution in [3.63, 3.8) is 0 Å². The molecule has 6 unspecified atom stereocenters. The van der Waals surface area contributed by atoms with Crippen LogP contribution in [0.1, 0.15) is 51.5 Å². The number of Topliss-reactive ketones (excluding diaryl/α,β-unsaturated/α-hetero) is 1. The molecule has 1 saturated heterocycles. The van der Waals surface area contributed by atoms with Gasteiger partial charge in [0.2, 0.25) is 5.91 Å². The van der Waals surface area contributed by atoms with Crippen LogP contribution in [0, 0.1) is 23.7 Å². The van der Waals surface area contributed by atoms with Gasteiger partial charge in [-0.2, -0.15) is 0 Å². The first-order valence-corrected chi connectivity index (χ1v) is 11.6. The molecule has 0 radical (unpaired) electrons. The molecule has 2 aliphatic carbocycles. The molecule has 0 aromatic heterocycles. The van der Waals surface area contributed by atoms with Crippen LogP contribution in [0.4, 0.5) is 0 Å². The number of carbonyl (C=O) groups excluding carboxylic acids is 2. The topological polar surface area (TPSA) is 86.6 Å². The lowest BCUT2D eigenvalue weighted by Crippen LogP contribution is -2.53. The average Bonchev–Trinajstić information content (AvgIpc) is 2.76. The van der Waals surface area contributed by atoms with Crippen LogP contribution in [0.15, 0.2) is 59.2 Å². The highest BCUT2D eigenvalue weighted by molar-refractivity contribution is 6.11. The Labute approximate surface area is 189 Å². The number of aliphatic hydroxyl groups excluding tert-OH is 1. The zero-order valence-electron chi connectivity index (χ0n) is 19.0.